The van der Waals surface area contributed by atoms with Gasteiger partial charge in [0.2, 0.25) is 5.91 Å². The molecule has 1 amide bonds. The number of nitrogens with one attached hydrogen (secondary N) is 1. The molecule has 1 fully saturated rings. The van der Waals surface area contributed by atoms with Crippen LogP contribution in [-0.4, -0.2) is 42.5 Å². The molecule has 0 radical (unpaired) electrons. The van der Waals surface area contributed by atoms with Gasteiger partial charge in [-0.15, -0.1) is 24.8 Å². The number of carbonyl (C=O) groups excluding carboxylic acids is 1. The average Bonchev–Trinajstić information content (AvgIpc) is 3.14. The molecule has 27 heavy (non-hydrogen) atoms. The van der Waals surface area contributed by atoms with Gasteiger partial charge in [0.05, 0.1) is 6.20 Å². The number of oxazole rings is 1. The number of carbonyl (C=O) groups is 1. The van der Waals surface area contributed by atoms with E-state index in [9.17, 15) is 4.79 Å². The van der Waals surface area contributed by atoms with Crippen LogP contribution < -0.4 is 5.32 Å². The summed E-state index contributed by atoms with van der Waals surface area (Å²) < 4.78 is 5.78. The number of hydrogen-bond donors (Lipinski definition) is 1. The second kappa shape index (κ2) is 12.0. The first-order chi connectivity index (χ1) is 12.3. The molecule has 0 spiro atoms. The van der Waals surface area contributed by atoms with E-state index in [2.05, 4.69) is 10.3 Å². The number of hydrogen-bond acceptors (Lipinski definition) is 4. The smallest absolute Gasteiger partial charge is 0.223 e. The Hall–Kier alpha value is -1.56. The highest BCUT2D eigenvalue weighted by atomic mass is 35.5. The predicted octanol–water partition coefficient (Wildman–Crippen LogP) is 3.97. The van der Waals surface area contributed by atoms with Crippen molar-refractivity contribution < 1.29 is 9.21 Å². The minimum atomic E-state index is 0. The van der Waals surface area contributed by atoms with Gasteiger partial charge in [0.1, 0.15) is 0 Å². The van der Waals surface area contributed by atoms with Crippen molar-refractivity contribution in [2.45, 2.75) is 32.1 Å². The third kappa shape index (κ3) is 6.83. The van der Waals surface area contributed by atoms with Crippen molar-refractivity contribution >= 4 is 30.7 Å². The topological polar surface area (TPSA) is 58.4 Å². The molecule has 0 atom stereocenters. The van der Waals surface area contributed by atoms with E-state index in [4.69, 9.17) is 4.42 Å². The second-order valence-corrected chi connectivity index (χ2v) is 6.70. The number of amides is 1. The van der Waals surface area contributed by atoms with Gasteiger partial charge in [-0.2, -0.15) is 0 Å². The summed E-state index contributed by atoms with van der Waals surface area (Å²) in [5.74, 6) is 2.35. The molecule has 2 heterocycles. The average molecular weight is 414 g/mol. The van der Waals surface area contributed by atoms with Crippen molar-refractivity contribution in [3.8, 4) is 11.3 Å². The van der Waals surface area contributed by atoms with Crippen LogP contribution in [0.2, 0.25) is 0 Å². The first kappa shape index (κ1) is 23.5. The van der Waals surface area contributed by atoms with Gasteiger partial charge in [0.15, 0.2) is 11.7 Å². The molecule has 0 bridgehead atoms. The summed E-state index contributed by atoms with van der Waals surface area (Å²) in [7, 11) is 1.99. The third-order valence-corrected chi connectivity index (χ3v) is 4.93. The van der Waals surface area contributed by atoms with E-state index in [-0.39, 0.29) is 30.7 Å². The minimum absolute atomic E-state index is 0. The number of halogens is 2. The highest BCUT2D eigenvalue weighted by Gasteiger charge is 2.22. The zero-order chi connectivity index (χ0) is 17.5. The Bertz CT molecular complexity index is 671. The van der Waals surface area contributed by atoms with Crippen LogP contribution in [0.3, 0.4) is 0 Å². The Kier molecular flexibility index (Phi) is 10.4. The van der Waals surface area contributed by atoms with E-state index in [0.717, 1.165) is 49.7 Å². The van der Waals surface area contributed by atoms with Gasteiger partial charge in [0, 0.05) is 31.5 Å². The van der Waals surface area contributed by atoms with E-state index in [1.54, 1.807) is 6.20 Å². The largest absolute Gasteiger partial charge is 0.441 e. The standard InChI is InChI=1S/C20H27N3O2.2ClH/c1-21-12-9-16-10-13-23(14-11-16)20(24)8-7-19-22-15-18(25-19)17-5-3-2-4-6-17;;/h2-6,15-16,21H,7-14H2,1H3;2*1H. The van der Waals surface area contributed by atoms with Crippen LogP contribution in [0.25, 0.3) is 11.3 Å². The van der Waals surface area contributed by atoms with Gasteiger partial charge < -0.3 is 14.6 Å². The second-order valence-electron chi connectivity index (χ2n) is 6.70. The maximum absolute atomic E-state index is 12.4. The first-order valence-corrected chi connectivity index (χ1v) is 9.19. The van der Waals surface area contributed by atoms with Crippen LogP contribution in [-0.2, 0) is 11.2 Å². The molecular weight excluding hydrogens is 385 g/mol. The van der Waals surface area contributed by atoms with Gasteiger partial charge in [0.25, 0.3) is 0 Å². The zero-order valence-electron chi connectivity index (χ0n) is 15.7. The van der Waals surface area contributed by atoms with Crippen molar-refractivity contribution in [2.24, 2.45) is 5.92 Å². The molecule has 1 aromatic heterocycles. The van der Waals surface area contributed by atoms with E-state index in [1.807, 2.05) is 42.3 Å². The predicted molar refractivity (Wildman–Crippen MR) is 113 cm³/mol. The fourth-order valence-electron chi connectivity index (χ4n) is 3.35. The molecule has 0 saturated carbocycles. The van der Waals surface area contributed by atoms with Gasteiger partial charge in [-0.05, 0) is 38.8 Å². The van der Waals surface area contributed by atoms with E-state index >= 15 is 0 Å². The SMILES string of the molecule is CNCCC1CCN(C(=O)CCc2ncc(-c3ccccc3)o2)CC1.Cl.Cl. The zero-order valence-corrected chi connectivity index (χ0v) is 17.4. The number of likely N-dealkylation sites (tertiary alicyclic amines) is 1. The summed E-state index contributed by atoms with van der Waals surface area (Å²) in [5.41, 5.74) is 1.01. The van der Waals surface area contributed by atoms with Crippen molar-refractivity contribution in [3.05, 3.63) is 42.4 Å². The van der Waals surface area contributed by atoms with Crippen molar-refractivity contribution in [1.82, 2.24) is 15.2 Å². The molecule has 1 aromatic carbocycles. The Morgan fingerprint density at radius 1 is 1.22 bits per heavy atom. The van der Waals surface area contributed by atoms with Crippen LogP contribution in [0.4, 0.5) is 0 Å². The highest BCUT2D eigenvalue weighted by molar-refractivity contribution is 5.85. The van der Waals surface area contributed by atoms with Crippen LogP contribution in [0.5, 0.6) is 0 Å². The molecule has 1 aliphatic heterocycles. The lowest BCUT2D eigenvalue weighted by Gasteiger charge is -2.32. The minimum Gasteiger partial charge on any atom is -0.441 e. The lowest BCUT2D eigenvalue weighted by molar-refractivity contribution is -0.132. The number of aromatic nitrogens is 1. The summed E-state index contributed by atoms with van der Waals surface area (Å²) in [6.07, 6.45) is 6.20. The normalized spacial score (nSPS) is 14.3. The van der Waals surface area contributed by atoms with Gasteiger partial charge >= 0.3 is 0 Å². The van der Waals surface area contributed by atoms with E-state index < -0.39 is 0 Å². The number of nitrogens with zero attached hydrogens (tertiary/aromatic N) is 2. The number of aryl methyl sites for hydroxylation is 1. The monoisotopic (exact) mass is 413 g/mol. The quantitative estimate of drug-likeness (QED) is 0.745. The molecule has 2 aromatic rings. The maximum atomic E-state index is 12.4. The van der Waals surface area contributed by atoms with Crippen LogP contribution in [0.1, 0.15) is 31.6 Å². The molecule has 3 rings (SSSR count). The number of rotatable bonds is 7. The molecule has 1 aliphatic rings. The van der Waals surface area contributed by atoms with Crippen molar-refractivity contribution in [2.75, 3.05) is 26.7 Å². The molecule has 1 N–H and O–H groups in total. The van der Waals surface area contributed by atoms with Gasteiger partial charge in [-0.25, -0.2) is 4.98 Å². The molecular formula is C20H29Cl2N3O2. The number of benzene rings is 1. The molecule has 0 unspecified atom stereocenters. The molecule has 150 valence electrons. The maximum Gasteiger partial charge on any atom is 0.223 e. The van der Waals surface area contributed by atoms with Crippen LogP contribution in [0.15, 0.2) is 40.9 Å². The van der Waals surface area contributed by atoms with Crippen molar-refractivity contribution in [3.63, 3.8) is 0 Å². The molecule has 5 nitrogen and oxygen atoms in total. The lowest BCUT2D eigenvalue weighted by atomic mass is 9.93. The van der Waals surface area contributed by atoms with Gasteiger partial charge in [-0.3, -0.25) is 4.79 Å². The van der Waals surface area contributed by atoms with Crippen LogP contribution in [0, 0.1) is 5.92 Å². The summed E-state index contributed by atoms with van der Waals surface area (Å²) in [6.45, 7) is 2.83. The summed E-state index contributed by atoms with van der Waals surface area (Å²) in [4.78, 5) is 18.7. The molecule has 1 saturated heterocycles. The summed E-state index contributed by atoms with van der Waals surface area (Å²) in [6, 6.07) is 9.91. The first-order valence-electron chi connectivity index (χ1n) is 9.19. The van der Waals surface area contributed by atoms with E-state index in [1.165, 1.54) is 6.42 Å². The fraction of sp³-hybridized carbons (Fsp3) is 0.500. The lowest BCUT2D eigenvalue weighted by Crippen LogP contribution is -2.39. The Balaban J connectivity index is 0.00000182. The van der Waals surface area contributed by atoms with Gasteiger partial charge in [-0.1, -0.05) is 30.3 Å². The summed E-state index contributed by atoms with van der Waals surface area (Å²) in [5, 5.41) is 3.20. The Labute approximate surface area is 173 Å². The highest BCUT2D eigenvalue weighted by Crippen LogP contribution is 2.22. The summed E-state index contributed by atoms with van der Waals surface area (Å²) >= 11 is 0. The van der Waals surface area contributed by atoms with Crippen LogP contribution >= 0.6 is 24.8 Å². The third-order valence-electron chi connectivity index (χ3n) is 4.93. The Morgan fingerprint density at radius 3 is 2.59 bits per heavy atom. The van der Waals surface area contributed by atoms with Crippen molar-refractivity contribution in [1.29, 1.82) is 0 Å². The molecule has 0 aliphatic carbocycles. The fourth-order valence-corrected chi connectivity index (χ4v) is 3.35. The molecule has 7 heteroatoms. The van der Waals surface area contributed by atoms with E-state index in [0.29, 0.717) is 18.7 Å². The number of piperidine rings is 1. The Morgan fingerprint density at radius 2 is 1.93 bits per heavy atom.